The molecule has 27 heavy (non-hydrogen) atoms. The number of benzene rings is 1. The van der Waals surface area contributed by atoms with E-state index in [-0.39, 0.29) is 11.7 Å². The summed E-state index contributed by atoms with van der Waals surface area (Å²) in [5.41, 5.74) is 0. The van der Waals surface area contributed by atoms with Gasteiger partial charge in [-0.2, -0.15) is 22.0 Å². The normalized spacial score (nSPS) is 21.0. The van der Waals surface area contributed by atoms with Gasteiger partial charge in [-0.15, -0.1) is 0 Å². The summed E-state index contributed by atoms with van der Waals surface area (Å²) < 4.78 is 71.0. The molecular weight excluding hydrogens is 371 g/mol. The Morgan fingerprint density at radius 1 is 1.00 bits per heavy atom. The van der Waals surface area contributed by atoms with Crippen LogP contribution in [0.15, 0.2) is 24.3 Å². The Hall–Kier alpha value is -1.86. The first kappa shape index (κ1) is 21.4. The molecule has 1 fully saturated rings. The van der Waals surface area contributed by atoms with E-state index in [1.54, 1.807) is 0 Å². The summed E-state index contributed by atoms with van der Waals surface area (Å²) >= 11 is 0. The second kappa shape index (κ2) is 8.89. The van der Waals surface area contributed by atoms with Gasteiger partial charge in [-0.25, -0.2) is 0 Å². The van der Waals surface area contributed by atoms with Gasteiger partial charge in [-0.05, 0) is 55.9 Å². The van der Waals surface area contributed by atoms with Crippen molar-refractivity contribution in [2.24, 2.45) is 11.8 Å². The monoisotopic (exact) mass is 394 g/mol. The fourth-order valence-corrected chi connectivity index (χ4v) is 3.16. The van der Waals surface area contributed by atoms with E-state index in [2.05, 4.69) is 11.7 Å². The van der Waals surface area contributed by atoms with E-state index in [0.29, 0.717) is 5.92 Å². The van der Waals surface area contributed by atoms with Crippen molar-refractivity contribution < 1.29 is 36.2 Å². The second-order valence-corrected chi connectivity index (χ2v) is 6.87. The van der Waals surface area contributed by atoms with Crippen LogP contribution in [0.2, 0.25) is 0 Å². The highest BCUT2D eigenvalue weighted by Gasteiger charge is 2.61. The number of carbonyl (C=O) groups is 1. The number of carbonyl (C=O) groups excluding carboxylic acids is 1. The highest BCUT2D eigenvalue weighted by atomic mass is 19.4. The lowest BCUT2D eigenvalue weighted by molar-refractivity contribution is -0.360. The van der Waals surface area contributed by atoms with Gasteiger partial charge in [-0.1, -0.05) is 26.2 Å². The van der Waals surface area contributed by atoms with E-state index in [1.165, 1.54) is 12.8 Å². The molecule has 0 heterocycles. The first-order valence-electron chi connectivity index (χ1n) is 9.07. The van der Waals surface area contributed by atoms with Crippen LogP contribution in [0, 0.1) is 11.8 Å². The third kappa shape index (κ3) is 6.07. The highest BCUT2D eigenvalue weighted by Crippen LogP contribution is 2.38. The predicted octanol–water partition coefficient (Wildman–Crippen LogP) is 6.12. The zero-order chi connectivity index (χ0) is 20.1. The number of ether oxygens (including phenoxy) is 2. The Morgan fingerprint density at radius 3 is 2.07 bits per heavy atom. The van der Waals surface area contributed by atoms with Crippen LogP contribution in [0.4, 0.5) is 22.0 Å². The molecule has 1 aliphatic rings. The molecule has 152 valence electrons. The van der Waals surface area contributed by atoms with Crippen molar-refractivity contribution >= 4 is 5.97 Å². The molecule has 1 saturated carbocycles. The van der Waals surface area contributed by atoms with Gasteiger partial charge < -0.3 is 9.47 Å². The summed E-state index contributed by atoms with van der Waals surface area (Å²) in [5, 5.41) is 0. The number of esters is 1. The quantitative estimate of drug-likeness (QED) is 0.317. The van der Waals surface area contributed by atoms with Crippen LogP contribution in [0.5, 0.6) is 11.5 Å². The molecule has 0 atom stereocenters. The molecule has 1 aromatic carbocycles. The molecule has 0 N–H and O–H groups in total. The zero-order valence-electron chi connectivity index (χ0n) is 15.0. The molecule has 0 radical (unpaired) electrons. The van der Waals surface area contributed by atoms with Crippen molar-refractivity contribution in [1.29, 1.82) is 0 Å². The smallest absolute Gasteiger partial charge is 0.426 e. The maximum atomic E-state index is 12.8. The third-order valence-electron chi connectivity index (χ3n) is 4.76. The van der Waals surface area contributed by atoms with Crippen molar-refractivity contribution in [2.45, 2.75) is 64.2 Å². The molecule has 0 aliphatic heterocycles. The topological polar surface area (TPSA) is 35.5 Å². The van der Waals surface area contributed by atoms with Gasteiger partial charge in [0, 0.05) is 0 Å². The van der Waals surface area contributed by atoms with Gasteiger partial charge in [0.15, 0.2) is 0 Å². The molecule has 0 amide bonds. The molecule has 1 aromatic rings. The fraction of sp³-hybridized carbons (Fsp3) is 0.632. The average molecular weight is 394 g/mol. The average Bonchev–Trinajstić information content (AvgIpc) is 2.61. The largest absolute Gasteiger partial charge is 0.499 e. The lowest BCUT2D eigenvalue weighted by Crippen LogP contribution is -2.41. The minimum atomic E-state index is -5.81. The molecule has 0 bridgehead atoms. The molecule has 0 unspecified atom stereocenters. The van der Waals surface area contributed by atoms with Crippen LogP contribution < -0.4 is 9.47 Å². The summed E-state index contributed by atoms with van der Waals surface area (Å²) in [4.78, 5) is 12.2. The summed E-state index contributed by atoms with van der Waals surface area (Å²) in [6.07, 6.45) is -4.17. The fourth-order valence-electron chi connectivity index (χ4n) is 3.16. The van der Waals surface area contributed by atoms with Crippen LogP contribution in [0.25, 0.3) is 0 Å². The Bertz CT molecular complexity index is 605. The van der Waals surface area contributed by atoms with E-state index in [4.69, 9.17) is 4.74 Å². The minimum absolute atomic E-state index is 0.0794. The molecule has 2 rings (SSSR count). The number of alkyl halides is 5. The van der Waals surface area contributed by atoms with Crippen LogP contribution in [0.3, 0.4) is 0 Å². The third-order valence-corrected chi connectivity index (χ3v) is 4.76. The van der Waals surface area contributed by atoms with E-state index < -0.39 is 24.0 Å². The van der Waals surface area contributed by atoms with Crippen molar-refractivity contribution in [3.8, 4) is 11.5 Å². The number of rotatable bonds is 7. The first-order valence-corrected chi connectivity index (χ1v) is 9.07. The van der Waals surface area contributed by atoms with Gasteiger partial charge in [0.05, 0.1) is 5.92 Å². The van der Waals surface area contributed by atoms with Crippen LogP contribution in [-0.2, 0) is 4.79 Å². The number of hydrogen-bond acceptors (Lipinski definition) is 3. The summed E-state index contributed by atoms with van der Waals surface area (Å²) in [6.45, 7) is 2.14. The maximum absolute atomic E-state index is 12.8. The molecule has 0 aromatic heterocycles. The van der Waals surface area contributed by atoms with Crippen LogP contribution in [0.1, 0.15) is 51.9 Å². The van der Waals surface area contributed by atoms with E-state index in [9.17, 15) is 26.7 Å². The molecule has 0 spiro atoms. The van der Waals surface area contributed by atoms with E-state index in [1.807, 2.05) is 0 Å². The summed E-state index contributed by atoms with van der Waals surface area (Å²) in [5.74, 6) is -0.573. The van der Waals surface area contributed by atoms with Crippen LogP contribution in [-0.4, -0.2) is 18.3 Å². The van der Waals surface area contributed by atoms with Crippen LogP contribution >= 0.6 is 0 Å². The SMILES string of the molecule is CCCCC1CCC(C(=O)Oc2ccc(OC(F)(F)C(F)(F)F)cc2)CC1. The van der Waals surface area contributed by atoms with Gasteiger partial charge in [0.1, 0.15) is 11.5 Å². The van der Waals surface area contributed by atoms with Crippen molar-refractivity contribution in [3.05, 3.63) is 24.3 Å². The Kier molecular flexibility index (Phi) is 7.06. The van der Waals surface area contributed by atoms with Gasteiger partial charge >= 0.3 is 18.3 Å². The van der Waals surface area contributed by atoms with Crippen molar-refractivity contribution in [3.63, 3.8) is 0 Å². The molecule has 8 heteroatoms. The van der Waals surface area contributed by atoms with Gasteiger partial charge in [0.25, 0.3) is 0 Å². The van der Waals surface area contributed by atoms with Crippen molar-refractivity contribution in [1.82, 2.24) is 0 Å². The minimum Gasteiger partial charge on any atom is -0.426 e. The lowest BCUT2D eigenvalue weighted by atomic mass is 9.80. The summed E-state index contributed by atoms with van der Waals surface area (Å²) in [7, 11) is 0. The highest BCUT2D eigenvalue weighted by molar-refractivity contribution is 5.75. The zero-order valence-corrected chi connectivity index (χ0v) is 15.0. The molecular formula is C19H23F5O3. The number of halogens is 5. The predicted molar refractivity (Wildman–Crippen MR) is 88.7 cm³/mol. The second-order valence-electron chi connectivity index (χ2n) is 6.87. The number of hydrogen-bond donors (Lipinski definition) is 0. The van der Waals surface area contributed by atoms with Crippen molar-refractivity contribution in [2.75, 3.05) is 0 Å². The lowest BCUT2D eigenvalue weighted by Gasteiger charge is -2.27. The number of unbranched alkanes of at least 4 members (excludes halogenated alkanes) is 1. The van der Waals surface area contributed by atoms with Gasteiger partial charge in [0.2, 0.25) is 0 Å². The first-order chi connectivity index (χ1) is 12.6. The Balaban J connectivity index is 1.85. The van der Waals surface area contributed by atoms with E-state index >= 15 is 0 Å². The summed E-state index contributed by atoms with van der Waals surface area (Å²) in [6, 6.07) is 4.08. The van der Waals surface area contributed by atoms with Gasteiger partial charge in [-0.3, -0.25) is 4.79 Å². The molecule has 0 saturated heterocycles. The molecule has 1 aliphatic carbocycles. The standard InChI is InChI=1S/C19H23F5O3/c1-2-3-4-13-5-7-14(8-6-13)17(25)26-15-9-11-16(12-10-15)27-19(23,24)18(20,21)22/h9-14H,2-8H2,1H3. The maximum Gasteiger partial charge on any atom is 0.499 e. The Labute approximate surface area is 154 Å². The van der Waals surface area contributed by atoms with E-state index in [0.717, 1.165) is 56.4 Å². The molecule has 3 nitrogen and oxygen atoms in total. The Morgan fingerprint density at radius 2 is 1.56 bits per heavy atom.